The molecule has 0 aromatic carbocycles. The van der Waals surface area contributed by atoms with Gasteiger partial charge in [-0.2, -0.15) is 0 Å². The summed E-state index contributed by atoms with van der Waals surface area (Å²) in [6.45, 7) is 6.44. The topological polar surface area (TPSA) is 32.3 Å². The average molecular weight is 224 g/mol. The van der Waals surface area contributed by atoms with Gasteiger partial charge in [-0.1, -0.05) is 20.3 Å². The fourth-order valence-electron chi connectivity index (χ4n) is 3.02. The highest BCUT2D eigenvalue weighted by Gasteiger charge is 2.34. The van der Waals surface area contributed by atoms with Crippen molar-refractivity contribution in [1.29, 1.82) is 0 Å². The zero-order valence-corrected chi connectivity index (χ0v) is 10.5. The Kier molecular flexibility index (Phi) is 3.85. The van der Waals surface area contributed by atoms with Crippen LogP contribution in [0.15, 0.2) is 0 Å². The lowest BCUT2D eigenvalue weighted by atomic mass is 9.99. The van der Waals surface area contributed by atoms with Crippen LogP contribution in [0.1, 0.15) is 46.0 Å². The van der Waals surface area contributed by atoms with Crippen molar-refractivity contribution in [3.63, 3.8) is 0 Å². The third-order valence-electron chi connectivity index (χ3n) is 3.96. The van der Waals surface area contributed by atoms with Gasteiger partial charge in [0.15, 0.2) is 0 Å². The van der Waals surface area contributed by atoms with Crippen LogP contribution < -0.4 is 5.32 Å². The number of carbonyl (C=O) groups excluding carboxylic acids is 1. The molecule has 0 aromatic rings. The Bertz CT molecular complexity index is 246. The number of likely N-dealkylation sites (tertiary alicyclic amines) is 1. The van der Waals surface area contributed by atoms with Crippen LogP contribution in [0.2, 0.25) is 0 Å². The van der Waals surface area contributed by atoms with Crippen LogP contribution in [-0.4, -0.2) is 36.0 Å². The summed E-state index contributed by atoms with van der Waals surface area (Å²) >= 11 is 0. The Morgan fingerprint density at radius 2 is 2.06 bits per heavy atom. The maximum Gasteiger partial charge on any atom is 0.239 e. The summed E-state index contributed by atoms with van der Waals surface area (Å²) in [6.07, 6.45) is 5.82. The molecule has 92 valence electrons. The molecule has 0 saturated carbocycles. The molecular weight excluding hydrogens is 200 g/mol. The highest BCUT2D eigenvalue weighted by atomic mass is 16.2. The van der Waals surface area contributed by atoms with E-state index in [2.05, 4.69) is 24.1 Å². The molecule has 1 N–H and O–H groups in total. The molecule has 1 amide bonds. The summed E-state index contributed by atoms with van der Waals surface area (Å²) in [4.78, 5) is 14.5. The molecular formula is C13H24N2O. The number of piperidine rings is 1. The van der Waals surface area contributed by atoms with Crippen molar-refractivity contribution >= 4 is 5.91 Å². The van der Waals surface area contributed by atoms with Gasteiger partial charge in [0.25, 0.3) is 0 Å². The minimum absolute atomic E-state index is 0.105. The third kappa shape index (κ3) is 2.40. The van der Waals surface area contributed by atoms with E-state index < -0.39 is 0 Å². The van der Waals surface area contributed by atoms with Gasteiger partial charge >= 0.3 is 0 Å². The highest BCUT2D eigenvalue weighted by Crippen LogP contribution is 2.25. The average Bonchev–Trinajstić information content (AvgIpc) is 2.78. The number of amides is 1. The Hall–Kier alpha value is -0.570. The van der Waals surface area contributed by atoms with Gasteiger partial charge in [0, 0.05) is 12.6 Å². The van der Waals surface area contributed by atoms with Crippen molar-refractivity contribution in [2.75, 3.05) is 13.1 Å². The van der Waals surface area contributed by atoms with Crippen molar-refractivity contribution in [3.05, 3.63) is 0 Å². The predicted molar refractivity (Wildman–Crippen MR) is 65.2 cm³/mol. The number of hydrogen-bond donors (Lipinski definition) is 1. The largest absolute Gasteiger partial charge is 0.338 e. The van der Waals surface area contributed by atoms with Gasteiger partial charge in [-0.15, -0.1) is 0 Å². The summed E-state index contributed by atoms with van der Waals surface area (Å²) in [6, 6.07) is 0.587. The van der Waals surface area contributed by atoms with E-state index in [1.165, 1.54) is 25.7 Å². The van der Waals surface area contributed by atoms with E-state index in [9.17, 15) is 4.79 Å². The lowest BCUT2D eigenvalue weighted by Gasteiger charge is -2.33. The van der Waals surface area contributed by atoms with Gasteiger partial charge in [-0.3, -0.25) is 4.79 Å². The first-order valence-corrected chi connectivity index (χ1v) is 6.74. The quantitative estimate of drug-likeness (QED) is 0.775. The Morgan fingerprint density at radius 1 is 1.25 bits per heavy atom. The second-order valence-corrected chi connectivity index (χ2v) is 5.49. The summed E-state index contributed by atoms with van der Waals surface area (Å²) in [7, 11) is 0. The molecule has 2 rings (SSSR count). The summed E-state index contributed by atoms with van der Waals surface area (Å²) in [5, 5.41) is 3.36. The molecule has 0 radical (unpaired) electrons. The lowest BCUT2D eigenvalue weighted by molar-refractivity contribution is -0.135. The van der Waals surface area contributed by atoms with Gasteiger partial charge in [0.05, 0.1) is 6.04 Å². The molecule has 16 heavy (non-hydrogen) atoms. The van der Waals surface area contributed by atoms with Crippen LogP contribution in [0.4, 0.5) is 0 Å². The SMILES string of the molecule is CC(C)C1CCCN1C(=O)[C@@H]1CCCCN1. The van der Waals surface area contributed by atoms with E-state index in [4.69, 9.17) is 0 Å². The first kappa shape index (κ1) is 11.9. The zero-order chi connectivity index (χ0) is 11.5. The molecule has 0 bridgehead atoms. The molecule has 2 aliphatic heterocycles. The van der Waals surface area contributed by atoms with E-state index in [1.807, 2.05) is 0 Å². The van der Waals surface area contributed by atoms with Crippen LogP contribution in [0.25, 0.3) is 0 Å². The van der Waals surface area contributed by atoms with Crippen LogP contribution in [0.3, 0.4) is 0 Å². The van der Waals surface area contributed by atoms with Gasteiger partial charge in [-0.25, -0.2) is 0 Å². The number of carbonyl (C=O) groups is 1. The summed E-state index contributed by atoms with van der Waals surface area (Å²) < 4.78 is 0. The molecule has 0 aliphatic carbocycles. The third-order valence-corrected chi connectivity index (χ3v) is 3.96. The minimum Gasteiger partial charge on any atom is -0.338 e. The number of nitrogens with zero attached hydrogens (tertiary/aromatic N) is 1. The first-order chi connectivity index (χ1) is 7.70. The van der Waals surface area contributed by atoms with Crippen LogP contribution in [-0.2, 0) is 4.79 Å². The minimum atomic E-state index is 0.105. The number of hydrogen-bond acceptors (Lipinski definition) is 2. The second-order valence-electron chi connectivity index (χ2n) is 5.49. The highest BCUT2D eigenvalue weighted by molar-refractivity contribution is 5.82. The number of nitrogens with one attached hydrogen (secondary N) is 1. The molecule has 1 unspecified atom stereocenters. The van der Waals surface area contributed by atoms with E-state index in [1.54, 1.807) is 0 Å². The summed E-state index contributed by atoms with van der Waals surface area (Å²) in [5.41, 5.74) is 0. The molecule has 2 atom stereocenters. The first-order valence-electron chi connectivity index (χ1n) is 6.74. The molecule has 0 spiro atoms. The molecule has 0 aromatic heterocycles. The Balaban J connectivity index is 1.97. The lowest BCUT2D eigenvalue weighted by Crippen LogP contribution is -2.51. The van der Waals surface area contributed by atoms with E-state index >= 15 is 0 Å². The predicted octanol–water partition coefficient (Wildman–Crippen LogP) is 1.78. The normalized spacial score (nSPS) is 31.1. The maximum atomic E-state index is 12.4. The van der Waals surface area contributed by atoms with Crippen molar-refractivity contribution in [3.8, 4) is 0 Å². The fraction of sp³-hybridized carbons (Fsp3) is 0.923. The van der Waals surface area contributed by atoms with Crippen LogP contribution in [0, 0.1) is 5.92 Å². The molecule has 2 fully saturated rings. The van der Waals surface area contributed by atoms with Gasteiger partial charge in [0.2, 0.25) is 5.91 Å². The maximum absolute atomic E-state index is 12.4. The number of rotatable bonds is 2. The van der Waals surface area contributed by atoms with Gasteiger partial charge in [0.1, 0.15) is 0 Å². The standard InChI is InChI=1S/C13H24N2O/c1-10(2)12-7-5-9-15(12)13(16)11-6-3-4-8-14-11/h10-12,14H,3-9H2,1-2H3/t11-,12?/m0/s1. The molecule has 2 saturated heterocycles. The fourth-order valence-corrected chi connectivity index (χ4v) is 3.02. The van der Waals surface area contributed by atoms with E-state index in [-0.39, 0.29) is 6.04 Å². The summed E-state index contributed by atoms with van der Waals surface area (Å²) in [5.74, 6) is 0.950. The monoisotopic (exact) mass is 224 g/mol. The van der Waals surface area contributed by atoms with Gasteiger partial charge in [-0.05, 0) is 38.1 Å². The second kappa shape index (κ2) is 5.17. The molecule has 3 nitrogen and oxygen atoms in total. The smallest absolute Gasteiger partial charge is 0.239 e. The molecule has 3 heteroatoms. The van der Waals surface area contributed by atoms with Crippen LogP contribution in [0.5, 0.6) is 0 Å². The Labute approximate surface area is 98.6 Å². The van der Waals surface area contributed by atoms with Crippen LogP contribution >= 0.6 is 0 Å². The van der Waals surface area contributed by atoms with Crippen molar-refractivity contribution in [2.24, 2.45) is 5.92 Å². The van der Waals surface area contributed by atoms with Crippen molar-refractivity contribution in [2.45, 2.75) is 58.0 Å². The van der Waals surface area contributed by atoms with Crippen molar-refractivity contribution < 1.29 is 4.79 Å². The molecule has 2 aliphatic rings. The zero-order valence-electron chi connectivity index (χ0n) is 10.5. The van der Waals surface area contributed by atoms with E-state index in [0.717, 1.165) is 19.5 Å². The Morgan fingerprint density at radius 3 is 2.69 bits per heavy atom. The van der Waals surface area contributed by atoms with Gasteiger partial charge < -0.3 is 10.2 Å². The van der Waals surface area contributed by atoms with E-state index in [0.29, 0.717) is 17.9 Å². The molecule has 2 heterocycles. The van der Waals surface area contributed by atoms with Crippen molar-refractivity contribution in [1.82, 2.24) is 10.2 Å².